The number of aromatic nitrogens is 1. The molecule has 0 amide bonds. The molecule has 0 aliphatic rings. The molecule has 3 aromatic carbocycles. The van der Waals surface area contributed by atoms with Gasteiger partial charge >= 0.3 is 0 Å². The van der Waals surface area contributed by atoms with Crippen molar-refractivity contribution >= 4 is 51.7 Å². The van der Waals surface area contributed by atoms with Crippen LogP contribution in [0.3, 0.4) is 0 Å². The van der Waals surface area contributed by atoms with E-state index in [0.717, 1.165) is 39.2 Å². The fraction of sp³-hybridized carbons (Fsp3) is 0.130. The fourth-order valence-corrected chi connectivity index (χ4v) is 4.41. The van der Waals surface area contributed by atoms with Crippen molar-refractivity contribution in [3.63, 3.8) is 0 Å². The van der Waals surface area contributed by atoms with Crippen LogP contribution in [0.5, 0.6) is 5.75 Å². The number of fused-ring (bicyclic) bond motifs is 1. The van der Waals surface area contributed by atoms with Gasteiger partial charge < -0.3 is 20.2 Å². The number of hydrogen-bond acceptors (Lipinski definition) is 4. The first-order valence-electron chi connectivity index (χ1n) is 9.53. The van der Waals surface area contributed by atoms with Crippen molar-refractivity contribution in [2.75, 3.05) is 11.3 Å². The lowest BCUT2D eigenvalue weighted by Crippen LogP contribution is -2.03. The van der Waals surface area contributed by atoms with Gasteiger partial charge in [0.2, 0.25) is 0 Å². The summed E-state index contributed by atoms with van der Waals surface area (Å²) in [5, 5.41) is 2.05. The zero-order chi connectivity index (χ0) is 20.9. The van der Waals surface area contributed by atoms with E-state index in [1.807, 2.05) is 36.4 Å². The van der Waals surface area contributed by atoms with E-state index in [1.165, 1.54) is 17.5 Å². The molecule has 0 aliphatic heterocycles. The quantitative estimate of drug-likeness (QED) is 0.258. The highest BCUT2D eigenvalue weighted by atomic mass is 35.5. The minimum Gasteiger partial charge on any atom is -0.489 e. The Bertz CT molecular complexity index is 1150. The summed E-state index contributed by atoms with van der Waals surface area (Å²) in [6, 6.07) is 20.1. The van der Waals surface area contributed by atoms with Crippen molar-refractivity contribution in [2.24, 2.45) is 5.73 Å². The topological polar surface area (TPSA) is 63.1 Å². The fourth-order valence-electron chi connectivity index (χ4n) is 3.13. The second kappa shape index (κ2) is 9.67. The van der Waals surface area contributed by atoms with Gasteiger partial charge in [0.1, 0.15) is 12.4 Å². The molecule has 30 heavy (non-hydrogen) atoms. The molecule has 0 spiro atoms. The molecule has 0 unspecified atom stereocenters. The Morgan fingerprint density at radius 1 is 0.967 bits per heavy atom. The molecule has 0 saturated carbocycles. The van der Waals surface area contributed by atoms with Crippen LogP contribution >= 0.6 is 35.1 Å². The van der Waals surface area contributed by atoms with Crippen LogP contribution in [-0.4, -0.2) is 11.5 Å². The molecule has 4 rings (SSSR count). The first-order valence-corrected chi connectivity index (χ1v) is 11.1. The molecule has 1 heterocycles. The van der Waals surface area contributed by atoms with Crippen molar-refractivity contribution in [3.05, 3.63) is 88.0 Å². The van der Waals surface area contributed by atoms with Crippen LogP contribution in [0.25, 0.3) is 10.9 Å². The van der Waals surface area contributed by atoms with Gasteiger partial charge in [-0.2, -0.15) is 0 Å². The predicted octanol–water partition coefficient (Wildman–Crippen LogP) is 6.67. The summed E-state index contributed by atoms with van der Waals surface area (Å²) in [7, 11) is 0. The molecular weight excluding hydrogens is 437 g/mol. The van der Waals surface area contributed by atoms with Gasteiger partial charge in [-0.05, 0) is 66.4 Å². The molecule has 154 valence electrons. The molecule has 7 heteroatoms. The lowest BCUT2D eigenvalue weighted by molar-refractivity contribution is 0.305. The maximum atomic E-state index is 6.26. The van der Waals surface area contributed by atoms with Crippen LogP contribution in [0, 0.1) is 0 Å². The van der Waals surface area contributed by atoms with E-state index < -0.39 is 0 Å². The SMILES string of the molecule is NCCc1ccc(COc2cccc(SNc3ccc(Cl)c4c(Cl)c[nH]c34)c2)cc1. The van der Waals surface area contributed by atoms with E-state index in [9.17, 15) is 0 Å². The molecule has 4 aromatic rings. The summed E-state index contributed by atoms with van der Waals surface area (Å²) in [6.07, 6.45) is 2.63. The molecule has 0 radical (unpaired) electrons. The lowest BCUT2D eigenvalue weighted by Gasteiger charge is -2.10. The number of aromatic amines is 1. The van der Waals surface area contributed by atoms with Crippen molar-refractivity contribution in [2.45, 2.75) is 17.9 Å². The number of hydrogen-bond donors (Lipinski definition) is 3. The van der Waals surface area contributed by atoms with Gasteiger partial charge in [-0.25, -0.2) is 0 Å². The van der Waals surface area contributed by atoms with Gasteiger partial charge in [-0.15, -0.1) is 0 Å². The lowest BCUT2D eigenvalue weighted by atomic mass is 10.1. The Balaban J connectivity index is 1.40. The first kappa shape index (κ1) is 20.9. The molecule has 0 saturated heterocycles. The van der Waals surface area contributed by atoms with Crippen LogP contribution in [-0.2, 0) is 13.0 Å². The van der Waals surface area contributed by atoms with Crippen molar-refractivity contribution in [1.82, 2.24) is 4.98 Å². The Morgan fingerprint density at radius 2 is 1.77 bits per heavy atom. The maximum Gasteiger partial charge on any atom is 0.120 e. The molecule has 0 bridgehead atoms. The number of nitrogens with one attached hydrogen (secondary N) is 2. The monoisotopic (exact) mass is 457 g/mol. The number of ether oxygens (including phenoxy) is 1. The summed E-state index contributed by atoms with van der Waals surface area (Å²) < 4.78 is 9.33. The average molecular weight is 458 g/mol. The molecule has 0 atom stereocenters. The normalized spacial score (nSPS) is 11.0. The van der Waals surface area contributed by atoms with Gasteiger partial charge in [-0.1, -0.05) is 53.5 Å². The highest BCUT2D eigenvalue weighted by molar-refractivity contribution is 8.00. The number of H-pyrrole nitrogens is 1. The van der Waals surface area contributed by atoms with Gasteiger partial charge in [0.25, 0.3) is 0 Å². The van der Waals surface area contributed by atoms with Gasteiger partial charge in [0, 0.05) is 16.5 Å². The summed E-state index contributed by atoms with van der Waals surface area (Å²) in [4.78, 5) is 4.21. The second-order valence-electron chi connectivity index (χ2n) is 6.80. The van der Waals surface area contributed by atoms with Crippen LogP contribution in [0.1, 0.15) is 11.1 Å². The zero-order valence-corrected chi connectivity index (χ0v) is 18.5. The molecular formula is C23H21Cl2N3OS. The molecule has 1 aromatic heterocycles. The second-order valence-corrected chi connectivity index (χ2v) is 8.50. The van der Waals surface area contributed by atoms with Crippen LogP contribution in [0.2, 0.25) is 10.0 Å². The third-order valence-corrected chi connectivity index (χ3v) is 6.11. The zero-order valence-electron chi connectivity index (χ0n) is 16.1. The summed E-state index contributed by atoms with van der Waals surface area (Å²) in [5.74, 6) is 0.817. The number of anilines is 1. The Morgan fingerprint density at radius 3 is 2.57 bits per heavy atom. The Labute approximate surface area is 189 Å². The number of rotatable bonds is 8. The molecule has 0 aliphatic carbocycles. The highest BCUT2D eigenvalue weighted by Gasteiger charge is 2.10. The van der Waals surface area contributed by atoms with Crippen molar-refractivity contribution in [3.8, 4) is 5.75 Å². The predicted molar refractivity (Wildman–Crippen MR) is 128 cm³/mol. The van der Waals surface area contributed by atoms with Crippen LogP contribution in [0.4, 0.5) is 5.69 Å². The number of benzene rings is 3. The molecule has 4 nitrogen and oxygen atoms in total. The summed E-state index contributed by atoms with van der Waals surface area (Å²) in [5.41, 5.74) is 9.76. The van der Waals surface area contributed by atoms with Crippen molar-refractivity contribution < 1.29 is 4.74 Å². The Hall–Kier alpha value is -2.31. The third-order valence-electron chi connectivity index (χ3n) is 4.68. The Kier molecular flexibility index (Phi) is 6.75. The number of nitrogens with two attached hydrogens (primary N) is 1. The van der Waals surface area contributed by atoms with E-state index in [0.29, 0.717) is 23.2 Å². The molecule has 4 N–H and O–H groups in total. The van der Waals surface area contributed by atoms with Crippen molar-refractivity contribution in [1.29, 1.82) is 0 Å². The molecule has 0 fully saturated rings. The standard InChI is InChI=1S/C23H21Cl2N3OS/c24-19-8-9-21(23-22(19)20(25)13-27-23)28-30-18-3-1-2-17(12-18)29-14-16-6-4-15(5-7-16)10-11-26/h1-9,12-13,27-28H,10-11,14,26H2. The summed E-state index contributed by atoms with van der Waals surface area (Å²) in [6.45, 7) is 1.18. The van der Waals surface area contributed by atoms with Crippen LogP contribution < -0.4 is 15.2 Å². The smallest absolute Gasteiger partial charge is 0.120 e. The van der Waals surface area contributed by atoms with E-state index in [2.05, 4.69) is 34.0 Å². The number of halogens is 2. The van der Waals surface area contributed by atoms with E-state index >= 15 is 0 Å². The van der Waals surface area contributed by atoms with E-state index in [-0.39, 0.29) is 0 Å². The maximum absolute atomic E-state index is 6.26. The van der Waals surface area contributed by atoms with E-state index in [1.54, 1.807) is 6.20 Å². The summed E-state index contributed by atoms with van der Waals surface area (Å²) >= 11 is 14.0. The minimum atomic E-state index is 0.517. The third kappa shape index (κ3) is 4.87. The highest BCUT2D eigenvalue weighted by Crippen LogP contribution is 2.36. The van der Waals surface area contributed by atoms with Gasteiger partial charge in [0.15, 0.2) is 0 Å². The van der Waals surface area contributed by atoms with Gasteiger partial charge in [-0.3, -0.25) is 0 Å². The first-order chi connectivity index (χ1) is 14.6. The average Bonchev–Trinajstić information content (AvgIpc) is 3.16. The van der Waals surface area contributed by atoms with E-state index in [4.69, 9.17) is 33.7 Å². The largest absolute Gasteiger partial charge is 0.489 e. The van der Waals surface area contributed by atoms with Crippen LogP contribution in [0.15, 0.2) is 71.8 Å². The minimum absolute atomic E-state index is 0.517. The van der Waals surface area contributed by atoms with Gasteiger partial charge in [0.05, 0.1) is 21.2 Å².